The molecule has 1 aromatic rings. The summed E-state index contributed by atoms with van der Waals surface area (Å²) in [7, 11) is 0. The fraction of sp³-hybridized carbons (Fsp3) is 0.429. The maximum absolute atomic E-state index is 11.6. The van der Waals surface area contributed by atoms with E-state index in [1.54, 1.807) is 0 Å². The van der Waals surface area contributed by atoms with E-state index >= 15 is 0 Å². The van der Waals surface area contributed by atoms with Crippen LogP contribution >= 0.6 is 11.6 Å². The molecule has 1 heterocycles. The molecular formula is C14H16ClNO2. The molecule has 1 aliphatic rings. The Kier molecular flexibility index (Phi) is 4.50. The van der Waals surface area contributed by atoms with Crippen LogP contribution in [-0.4, -0.2) is 30.1 Å². The largest absolute Gasteiger partial charge is 0.303 e. The van der Waals surface area contributed by atoms with Gasteiger partial charge in [-0.05, 0) is 11.6 Å². The van der Waals surface area contributed by atoms with E-state index in [4.69, 9.17) is 11.6 Å². The first-order chi connectivity index (χ1) is 8.70. The van der Waals surface area contributed by atoms with Gasteiger partial charge in [-0.1, -0.05) is 29.8 Å². The van der Waals surface area contributed by atoms with E-state index in [0.29, 0.717) is 19.4 Å². The molecule has 0 radical (unpaired) electrons. The van der Waals surface area contributed by atoms with Gasteiger partial charge in [-0.2, -0.15) is 0 Å². The minimum Gasteiger partial charge on any atom is -0.303 e. The SMILES string of the molecule is O=CCC1CN(Cc2ccccc2Cl)CCC1=O. The Labute approximate surface area is 112 Å². The van der Waals surface area contributed by atoms with Crippen molar-refractivity contribution in [3.05, 3.63) is 34.9 Å². The number of likely N-dealkylation sites (tertiary alicyclic amines) is 1. The number of Topliss-reactive ketones (excluding diaryl/α,β-unsaturated/α-hetero) is 1. The Bertz CT molecular complexity index is 447. The van der Waals surface area contributed by atoms with Crippen LogP contribution in [0.4, 0.5) is 0 Å². The standard InChI is InChI=1S/C14H16ClNO2/c15-13-4-2-1-3-11(13)9-16-7-5-14(18)12(10-16)6-8-17/h1-4,8,12H,5-7,9-10H2. The Hall–Kier alpha value is -1.19. The second-order valence-corrected chi connectivity index (χ2v) is 5.05. The van der Waals surface area contributed by atoms with Gasteiger partial charge in [0.05, 0.1) is 0 Å². The van der Waals surface area contributed by atoms with Crippen LogP contribution in [0.5, 0.6) is 0 Å². The number of benzene rings is 1. The van der Waals surface area contributed by atoms with Crippen LogP contribution in [0, 0.1) is 5.92 Å². The number of nitrogens with zero attached hydrogens (tertiary/aromatic N) is 1. The number of hydrogen-bond donors (Lipinski definition) is 0. The molecule has 0 aliphatic carbocycles. The maximum Gasteiger partial charge on any atom is 0.138 e. The summed E-state index contributed by atoms with van der Waals surface area (Å²) in [5.74, 6) is 0.0660. The second kappa shape index (κ2) is 6.12. The first-order valence-corrected chi connectivity index (χ1v) is 6.50. The van der Waals surface area contributed by atoms with Crippen LogP contribution in [0.1, 0.15) is 18.4 Å². The first-order valence-electron chi connectivity index (χ1n) is 6.13. The average Bonchev–Trinajstić information content (AvgIpc) is 2.36. The van der Waals surface area contributed by atoms with Crippen LogP contribution < -0.4 is 0 Å². The van der Waals surface area contributed by atoms with Crippen LogP contribution in [0.2, 0.25) is 5.02 Å². The molecule has 0 spiro atoms. The predicted molar refractivity (Wildman–Crippen MR) is 70.5 cm³/mol. The molecule has 0 bridgehead atoms. The zero-order valence-corrected chi connectivity index (χ0v) is 10.9. The van der Waals surface area contributed by atoms with E-state index in [0.717, 1.165) is 30.0 Å². The molecule has 96 valence electrons. The highest BCUT2D eigenvalue weighted by Crippen LogP contribution is 2.21. The normalized spacial score (nSPS) is 20.9. The molecule has 1 unspecified atom stereocenters. The van der Waals surface area contributed by atoms with Crippen molar-refractivity contribution in [3.63, 3.8) is 0 Å². The van der Waals surface area contributed by atoms with Gasteiger partial charge in [0.15, 0.2) is 0 Å². The monoisotopic (exact) mass is 265 g/mol. The summed E-state index contributed by atoms with van der Waals surface area (Å²) in [6.07, 6.45) is 1.70. The van der Waals surface area contributed by atoms with E-state index < -0.39 is 0 Å². The van der Waals surface area contributed by atoms with Gasteiger partial charge in [0, 0.05) is 43.4 Å². The lowest BCUT2D eigenvalue weighted by Crippen LogP contribution is -2.40. The van der Waals surface area contributed by atoms with Crippen LogP contribution in [0.15, 0.2) is 24.3 Å². The van der Waals surface area contributed by atoms with E-state index in [1.807, 2.05) is 24.3 Å². The summed E-state index contributed by atoms with van der Waals surface area (Å²) in [4.78, 5) is 24.4. The highest BCUT2D eigenvalue weighted by atomic mass is 35.5. The van der Waals surface area contributed by atoms with Crippen molar-refractivity contribution in [2.45, 2.75) is 19.4 Å². The van der Waals surface area contributed by atoms with Gasteiger partial charge in [0.1, 0.15) is 12.1 Å². The Balaban J connectivity index is 2.00. The molecule has 0 N–H and O–H groups in total. The quantitative estimate of drug-likeness (QED) is 0.784. The summed E-state index contributed by atoms with van der Waals surface area (Å²) >= 11 is 6.12. The number of aldehydes is 1. The van der Waals surface area contributed by atoms with Crippen molar-refractivity contribution in [1.82, 2.24) is 4.90 Å². The molecule has 0 aromatic heterocycles. The molecule has 0 saturated carbocycles. The molecule has 4 heteroatoms. The topological polar surface area (TPSA) is 37.4 Å². The first kappa shape index (κ1) is 13.2. The zero-order valence-electron chi connectivity index (χ0n) is 10.1. The molecule has 2 rings (SSSR count). The van der Waals surface area contributed by atoms with Crippen LogP contribution in [-0.2, 0) is 16.1 Å². The Morgan fingerprint density at radius 2 is 2.17 bits per heavy atom. The molecule has 1 aliphatic heterocycles. The summed E-state index contributed by atoms with van der Waals surface area (Å²) in [5.41, 5.74) is 1.07. The summed E-state index contributed by atoms with van der Waals surface area (Å²) in [6.45, 7) is 2.14. The predicted octanol–water partition coefficient (Wildman–Crippen LogP) is 2.32. The maximum atomic E-state index is 11.6. The molecule has 1 fully saturated rings. The molecule has 1 aromatic carbocycles. The highest BCUT2D eigenvalue weighted by molar-refractivity contribution is 6.31. The second-order valence-electron chi connectivity index (χ2n) is 4.64. The third-order valence-electron chi connectivity index (χ3n) is 3.34. The van der Waals surface area contributed by atoms with Crippen LogP contribution in [0.3, 0.4) is 0 Å². The average molecular weight is 266 g/mol. The minimum atomic E-state index is -0.140. The number of carbonyl (C=O) groups is 2. The van der Waals surface area contributed by atoms with Gasteiger partial charge in [0.25, 0.3) is 0 Å². The van der Waals surface area contributed by atoms with Crippen molar-refractivity contribution in [2.75, 3.05) is 13.1 Å². The van der Waals surface area contributed by atoms with Crippen molar-refractivity contribution in [3.8, 4) is 0 Å². The van der Waals surface area contributed by atoms with Gasteiger partial charge in [-0.15, -0.1) is 0 Å². The van der Waals surface area contributed by atoms with Gasteiger partial charge in [-0.3, -0.25) is 9.69 Å². The fourth-order valence-corrected chi connectivity index (χ4v) is 2.51. The summed E-state index contributed by atoms with van der Waals surface area (Å²) in [5, 5.41) is 0.751. The lowest BCUT2D eigenvalue weighted by molar-refractivity contribution is -0.128. The number of carbonyl (C=O) groups excluding carboxylic acids is 2. The van der Waals surface area contributed by atoms with E-state index in [9.17, 15) is 9.59 Å². The summed E-state index contributed by atoms with van der Waals surface area (Å²) < 4.78 is 0. The molecular weight excluding hydrogens is 250 g/mol. The number of rotatable bonds is 4. The smallest absolute Gasteiger partial charge is 0.138 e. The fourth-order valence-electron chi connectivity index (χ4n) is 2.31. The van der Waals surface area contributed by atoms with Gasteiger partial charge < -0.3 is 4.79 Å². The number of hydrogen-bond acceptors (Lipinski definition) is 3. The Morgan fingerprint density at radius 3 is 2.89 bits per heavy atom. The summed E-state index contributed by atoms with van der Waals surface area (Å²) in [6, 6.07) is 7.72. The zero-order chi connectivity index (χ0) is 13.0. The Morgan fingerprint density at radius 1 is 1.39 bits per heavy atom. The van der Waals surface area contributed by atoms with Crippen molar-refractivity contribution in [1.29, 1.82) is 0 Å². The van der Waals surface area contributed by atoms with E-state index in [-0.39, 0.29) is 11.7 Å². The minimum absolute atomic E-state index is 0.140. The van der Waals surface area contributed by atoms with Gasteiger partial charge in [0.2, 0.25) is 0 Å². The highest BCUT2D eigenvalue weighted by Gasteiger charge is 2.26. The van der Waals surface area contributed by atoms with Crippen LogP contribution in [0.25, 0.3) is 0 Å². The van der Waals surface area contributed by atoms with Gasteiger partial charge >= 0.3 is 0 Å². The molecule has 18 heavy (non-hydrogen) atoms. The number of ketones is 1. The molecule has 1 atom stereocenters. The van der Waals surface area contributed by atoms with Crippen molar-refractivity contribution < 1.29 is 9.59 Å². The lowest BCUT2D eigenvalue weighted by atomic mass is 9.93. The van der Waals surface area contributed by atoms with E-state index in [1.165, 1.54) is 0 Å². The number of halogens is 1. The number of piperidine rings is 1. The third kappa shape index (κ3) is 3.18. The third-order valence-corrected chi connectivity index (χ3v) is 3.71. The van der Waals surface area contributed by atoms with E-state index in [2.05, 4.69) is 4.90 Å². The lowest BCUT2D eigenvalue weighted by Gasteiger charge is -2.31. The molecule has 0 amide bonds. The van der Waals surface area contributed by atoms with Gasteiger partial charge in [-0.25, -0.2) is 0 Å². The molecule has 3 nitrogen and oxygen atoms in total. The van der Waals surface area contributed by atoms with Crippen molar-refractivity contribution in [2.24, 2.45) is 5.92 Å². The van der Waals surface area contributed by atoms with Crippen molar-refractivity contribution >= 4 is 23.7 Å². The molecule has 1 saturated heterocycles.